The molecule has 1 aromatic heterocycles. The van der Waals surface area contributed by atoms with Crippen molar-refractivity contribution in [3.8, 4) is 22.6 Å². The fraction of sp³-hybridized carbons (Fsp3) is 0.448. The average Bonchev–Trinajstić information content (AvgIpc) is 3.05. The summed E-state index contributed by atoms with van der Waals surface area (Å²) in [5.74, 6) is 3.56. The topological polar surface area (TPSA) is 50.7 Å². The maximum atomic E-state index is 6.42. The number of aromatic nitrogens is 2. The number of halogens is 1. The molecule has 0 bridgehead atoms. The standard InChI is InChI=1S/C29H35ClN4O2/c1-29(2)11-10-24-22(16-29)28(32-27(31-24)18-33(3)4)34-12-13-36-25-8-6-19(14-21(25)17-34)20-7-9-26(35-5)23(30)15-20/h6-9,14-15H,10-13,16-18H2,1-5H3. The molecular formula is C29H35ClN4O2. The smallest absolute Gasteiger partial charge is 0.144 e. The highest BCUT2D eigenvalue weighted by molar-refractivity contribution is 6.32. The van der Waals surface area contributed by atoms with Gasteiger partial charge >= 0.3 is 0 Å². The summed E-state index contributed by atoms with van der Waals surface area (Å²) < 4.78 is 11.5. The van der Waals surface area contributed by atoms with Crippen molar-refractivity contribution in [2.45, 2.75) is 46.2 Å². The van der Waals surface area contributed by atoms with E-state index >= 15 is 0 Å². The van der Waals surface area contributed by atoms with Gasteiger partial charge in [-0.3, -0.25) is 0 Å². The van der Waals surface area contributed by atoms with Crippen LogP contribution < -0.4 is 14.4 Å². The third-order valence-electron chi connectivity index (χ3n) is 7.09. The first-order chi connectivity index (χ1) is 17.2. The first kappa shape index (κ1) is 24.8. The molecule has 36 heavy (non-hydrogen) atoms. The summed E-state index contributed by atoms with van der Waals surface area (Å²) in [6.07, 6.45) is 3.15. The van der Waals surface area contributed by atoms with E-state index in [9.17, 15) is 0 Å². The number of methoxy groups -OCH3 is 1. The number of aryl methyl sites for hydroxylation is 1. The van der Waals surface area contributed by atoms with Crippen LogP contribution in [-0.4, -0.2) is 49.2 Å². The van der Waals surface area contributed by atoms with Crippen LogP contribution in [0.25, 0.3) is 11.1 Å². The van der Waals surface area contributed by atoms with E-state index in [4.69, 9.17) is 31.0 Å². The van der Waals surface area contributed by atoms with Crippen molar-refractivity contribution < 1.29 is 9.47 Å². The summed E-state index contributed by atoms with van der Waals surface area (Å²) in [6, 6.07) is 12.3. The van der Waals surface area contributed by atoms with E-state index in [0.717, 1.165) is 73.0 Å². The fourth-order valence-corrected chi connectivity index (χ4v) is 5.45. The van der Waals surface area contributed by atoms with Crippen LogP contribution in [0.2, 0.25) is 5.02 Å². The lowest BCUT2D eigenvalue weighted by molar-refractivity contribution is 0.308. The number of fused-ring (bicyclic) bond motifs is 2. The van der Waals surface area contributed by atoms with Gasteiger partial charge in [-0.05, 0) is 74.2 Å². The zero-order valence-electron chi connectivity index (χ0n) is 21.9. The largest absolute Gasteiger partial charge is 0.495 e. The monoisotopic (exact) mass is 506 g/mol. The van der Waals surface area contributed by atoms with Gasteiger partial charge in [0, 0.05) is 23.4 Å². The van der Waals surface area contributed by atoms with Crippen molar-refractivity contribution in [1.82, 2.24) is 14.9 Å². The van der Waals surface area contributed by atoms with Gasteiger partial charge in [-0.2, -0.15) is 0 Å². The SMILES string of the molecule is COc1ccc(-c2ccc3c(c2)CN(c2nc(CN(C)C)nc4c2CC(C)(C)CC4)CCO3)cc1Cl. The Morgan fingerprint density at radius 3 is 2.64 bits per heavy atom. The third kappa shape index (κ3) is 5.16. The van der Waals surface area contributed by atoms with Crippen LogP contribution in [0.5, 0.6) is 11.5 Å². The van der Waals surface area contributed by atoms with Crippen LogP contribution in [0.15, 0.2) is 36.4 Å². The van der Waals surface area contributed by atoms with E-state index in [-0.39, 0.29) is 5.41 Å². The Balaban J connectivity index is 1.53. The van der Waals surface area contributed by atoms with Crippen LogP contribution >= 0.6 is 11.6 Å². The number of ether oxygens (including phenoxy) is 2. The maximum Gasteiger partial charge on any atom is 0.144 e. The highest BCUT2D eigenvalue weighted by atomic mass is 35.5. The summed E-state index contributed by atoms with van der Waals surface area (Å²) in [5, 5.41) is 0.603. The summed E-state index contributed by atoms with van der Waals surface area (Å²) >= 11 is 6.42. The molecule has 0 N–H and O–H groups in total. The Bertz CT molecular complexity index is 1270. The minimum atomic E-state index is 0.245. The molecule has 190 valence electrons. The van der Waals surface area contributed by atoms with Gasteiger partial charge in [0.2, 0.25) is 0 Å². The molecule has 0 radical (unpaired) electrons. The van der Waals surface area contributed by atoms with Crippen LogP contribution in [0, 0.1) is 5.41 Å². The third-order valence-corrected chi connectivity index (χ3v) is 7.39. The highest BCUT2D eigenvalue weighted by Crippen LogP contribution is 2.39. The quantitative estimate of drug-likeness (QED) is 0.437. The Hall–Kier alpha value is -2.83. The first-order valence-electron chi connectivity index (χ1n) is 12.6. The van der Waals surface area contributed by atoms with Crippen LogP contribution in [0.3, 0.4) is 0 Å². The molecule has 1 aliphatic heterocycles. The van der Waals surface area contributed by atoms with E-state index in [0.29, 0.717) is 17.4 Å². The molecule has 0 fully saturated rings. The second-order valence-corrected chi connectivity index (χ2v) is 11.3. The van der Waals surface area contributed by atoms with Crippen molar-refractivity contribution in [3.63, 3.8) is 0 Å². The zero-order chi connectivity index (χ0) is 25.4. The summed E-state index contributed by atoms with van der Waals surface area (Å²) in [7, 11) is 5.76. The molecular weight excluding hydrogens is 472 g/mol. The van der Waals surface area contributed by atoms with Gasteiger partial charge in [-0.15, -0.1) is 0 Å². The number of rotatable bonds is 5. The lowest BCUT2D eigenvalue weighted by atomic mass is 9.76. The van der Waals surface area contributed by atoms with Gasteiger partial charge in [0.15, 0.2) is 0 Å². The van der Waals surface area contributed by atoms with Crippen LogP contribution in [0.1, 0.15) is 42.9 Å². The molecule has 6 nitrogen and oxygen atoms in total. The number of nitrogens with zero attached hydrogens (tertiary/aromatic N) is 4. The Kier molecular flexibility index (Phi) is 6.84. The van der Waals surface area contributed by atoms with Gasteiger partial charge < -0.3 is 19.3 Å². The average molecular weight is 507 g/mol. The predicted octanol–water partition coefficient (Wildman–Crippen LogP) is 5.78. The van der Waals surface area contributed by atoms with E-state index in [1.807, 2.05) is 18.2 Å². The maximum absolute atomic E-state index is 6.42. The molecule has 0 atom stereocenters. The molecule has 7 heteroatoms. The molecule has 1 aliphatic carbocycles. The van der Waals surface area contributed by atoms with E-state index in [2.05, 4.69) is 55.9 Å². The lowest BCUT2D eigenvalue weighted by Crippen LogP contribution is -2.32. The molecule has 3 aromatic rings. The van der Waals surface area contributed by atoms with E-state index in [1.54, 1.807) is 7.11 Å². The molecule has 0 saturated carbocycles. The highest BCUT2D eigenvalue weighted by Gasteiger charge is 2.31. The van der Waals surface area contributed by atoms with Crippen molar-refractivity contribution in [2.24, 2.45) is 5.41 Å². The summed E-state index contributed by atoms with van der Waals surface area (Å²) in [5.41, 5.74) is 6.05. The number of benzene rings is 2. The molecule has 2 aliphatic rings. The first-order valence-corrected chi connectivity index (χ1v) is 13.0. The molecule has 2 heterocycles. The molecule has 0 amide bonds. The lowest BCUT2D eigenvalue weighted by Gasteiger charge is -2.34. The molecule has 2 aromatic carbocycles. The minimum Gasteiger partial charge on any atom is -0.495 e. The number of hydrogen-bond donors (Lipinski definition) is 0. The Morgan fingerprint density at radius 1 is 1.11 bits per heavy atom. The Morgan fingerprint density at radius 2 is 1.89 bits per heavy atom. The second kappa shape index (κ2) is 9.91. The van der Waals surface area contributed by atoms with Crippen molar-refractivity contribution in [1.29, 1.82) is 0 Å². The van der Waals surface area contributed by atoms with Gasteiger partial charge in [0.25, 0.3) is 0 Å². The van der Waals surface area contributed by atoms with Crippen molar-refractivity contribution >= 4 is 17.4 Å². The summed E-state index contributed by atoms with van der Waals surface area (Å²) in [6.45, 7) is 7.56. The number of anilines is 1. The van der Waals surface area contributed by atoms with E-state index in [1.165, 1.54) is 11.3 Å². The van der Waals surface area contributed by atoms with Gasteiger partial charge in [-0.25, -0.2) is 9.97 Å². The van der Waals surface area contributed by atoms with Crippen LogP contribution in [0.4, 0.5) is 5.82 Å². The normalized spacial score (nSPS) is 16.7. The molecule has 5 rings (SSSR count). The van der Waals surface area contributed by atoms with Crippen molar-refractivity contribution in [3.05, 3.63) is 64.1 Å². The van der Waals surface area contributed by atoms with Gasteiger partial charge in [0.05, 0.1) is 25.2 Å². The number of hydrogen-bond acceptors (Lipinski definition) is 6. The van der Waals surface area contributed by atoms with Gasteiger partial charge in [0.1, 0.15) is 29.7 Å². The molecule has 0 spiro atoms. The minimum absolute atomic E-state index is 0.245. The van der Waals surface area contributed by atoms with Crippen LogP contribution in [-0.2, 0) is 25.9 Å². The zero-order valence-corrected chi connectivity index (χ0v) is 22.7. The second-order valence-electron chi connectivity index (χ2n) is 10.9. The Labute approximate surface area is 219 Å². The molecule has 0 unspecified atom stereocenters. The summed E-state index contributed by atoms with van der Waals surface area (Å²) in [4.78, 5) is 14.6. The fourth-order valence-electron chi connectivity index (χ4n) is 5.19. The van der Waals surface area contributed by atoms with Crippen molar-refractivity contribution in [2.75, 3.05) is 39.3 Å². The van der Waals surface area contributed by atoms with Gasteiger partial charge in [-0.1, -0.05) is 37.6 Å². The predicted molar refractivity (Wildman–Crippen MR) is 145 cm³/mol. The van der Waals surface area contributed by atoms with E-state index < -0.39 is 0 Å². The molecule has 0 saturated heterocycles.